The second-order valence-electron chi connectivity index (χ2n) is 3.17. The van der Waals surface area contributed by atoms with Gasteiger partial charge in [0.25, 0.3) is 5.69 Å². The maximum absolute atomic E-state index is 11.4. The molecule has 1 rings (SSSR count). The number of benzene rings is 1. The number of nitrogens with zero attached hydrogens (tertiary/aromatic N) is 1. The van der Waals surface area contributed by atoms with E-state index in [4.69, 9.17) is 0 Å². The van der Waals surface area contributed by atoms with Gasteiger partial charge in [-0.15, -0.1) is 0 Å². The Morgan fingerprint density at radius 2 is 1.82 bits per heavy atom. The van der Waals surface area contributed by atoms with Gasteiger partial charge in [0.05, 0.1) is 10.5 Å². The van der Waals surface area contributed by atoms with Crippen molar-refractivity contribution in [3.8, 4) is 0 Å². The molecule has 0 saturated carbocycles. The minimum absolute atomic E-state index is 0.109. The predicted octanol–water partition coefficient (Wildman–Crippen LogP) is 1.85. The van der Waals surface area contributed by atoms with Crippen molar-refractivity contribution < 1.29 is 19.2 Å². The standard InChI is InChI=1S/C11H9NO5/c1-7(13)8(2)17-11(14)9-3-5-10(6-4-9)12(15)16/h3-6H,2H2,1H3. The summed E-state index contributed by atoms with van der Waals surface area (Å²) in [7, 11) is 0. The van der Waals surface area contributed by atoms with Crippen molar-refractivity contribution >= 4 is 17.4 Å². The van der Waals surface area contributed by atoms with Crippen LogP contribution in [0.25, 0.3) is 0 Å². The Labute approximate surface area is 96.7 Å². The molecule has 0 fully saturated rings. The summed E-state index contributed by atoms with van der Waals surface area (Å²) in [6.07, 6.45) is 0. The van der Waals surface area contributed by atoms with E-state index in [2.05, 4.69) is 11.3 Å². The van der Waals surface area contributed by atoms with Crippen LogP contribution in [0.3, 0.4) is 0 Å². The number of rotatable bonds is 4. The van der Waals surface area contributed by atoms with Crippen LogP contribution >= 0.6 is 0 Å². The van der Waals surface area contributed by atoms with E-state index in [1.165, 1.54) is 31.2 Å². The number of non-ortho nitro benzene ring substituents is 1. The fraction of sp³-hybridized carbons (Fsp3) is 0.0909. The molecular formula is C11H9NO5. The molecule has 0 heterocycles. The van der Waals surface area contributed by atoms with Crippen LogP contribution < -0.4 is 0 Å². The van der Waals surface area contributed by atoms with Crippen molar-refractivity contribution in [1.82, 2.24) is 0 Å². The van der Waals surface area contributed by atoms with Crippen LogP contribution in [-0.4, -0.2) is 16.7 Å². The van der Waals surface area contributed by atoms with E-state index in [-0.39, 0.29) is 17.0 Å². The minimum atomic E-state index is -0.778. The number of nitro groups is 1. The molecule has 6 heteroatoms. The van der Waals surface area contributed by atoms with Gasteiger partial charge in [0.2, 0.25) is 0 Å². The predicted molar refractivity (Wildman–Crippen MR) is 58.3 cm³/mol. The van der Waals surface area contributed by atoms with Gasteiger partial charge in [0.15, 0.2) is 11.5 Å². The monoisotopic (exact) mass is 235 g/mol. The summed E-state index contributed by atoms with van der Waals surface area (Å²) >= 11 is 0. The molecule has 17 heavy (non-hydrogen) atoms. The van der Waals surface area contributed by atoms with E-state index in [0.717, 1.165) is 0 Å². The van der Waals surface area contributed by atoms with Gasteiger partial charge in [-0.25, -0.2) is 4.79 Å². The fourth-order valence-corrected chi connectivity index (χ4v) is 0.962. The molecular weight excluding hydrogens is 226 g/mol. The first-order chi connectivity index (χ1) is 7.91. The molecule has 0 radical (unpaired) electrons. The summed E-state index contributed by atoms with van der Waals surface area (Å²) in [6.45, 7) is 4.48. The number of carbonyl (C=O) groups excluding carboxylic acids is 2. The zero-order chi connectivity index (χ0) is 13.0. The van der Waals surface area contributed by atoms with Crippen molar-refractivity contribution in [3.63, 3.8) is 0 Å². The first-order valence-electron chi connectivity index (χ1n) is 4.58. The molecule has 0 aliphatic carbocycles. The van der Waals surface area contributed by atoms with Gasteiger partial charge in [-0.2, -0.15) is 0 Å². The Bertz CT molecular complexity index is 489. The Morgan fingerprint density at radius 1 is 1.29 bits per heavy atom. The quantitative estimate of drug-likeness (QED) is 0.261. The lowest BCUT2D eigenvalue weighted by Gasteiger charge is -2.03. The maximum Gasteiger partial charge on any atom is 0.343 e. The second-order valence-corrected chi connectivity index (χ2v) is 3.17. The third-order valence-corrected chi connectivity index (χ3v) is 1.92. The summed E-state index contributed by atoms with van der Waals surface area (Å²) < 4.78 is 4.65. The van der Waals surface area contributed by atoms with Gasteiger partial charge in [0.1, 0.15) is 0 Å². The van der Waals surface area contributed by atoms with Crippen molar-refractivity contribution in [2.75, 3.05) is 0 Å². The van der Waals surface area contributed by atoms with Crippen LogP contribution in [0.5, 0.6) is 0 Å². The normalized spacial score (nSPS) is 9.47. The number of ketones is 1. The van der Waals surface area contributed by atoms with Gasteiger partial charge in [-0.1, -0.05) is 6.58 Å². The molecule has 0 spiro atoms. The van der Waals surface area contributed by atoms with E-state index in [9.17, 15) is 19.7 Å². The van der Waals surface area contributed by atoms with Gasteiger partial charge in [0, 0.05) is 19.1 Å². The maximum atomic E-state index is 11.4. The van der Waals surface area contributed by atoms with Crippen molar-refractivity contribution in [2.24, 2.45) is 0 Å². The second kappa shape index (κ2) is 5.02. The Balaban J connectivity index is 2.80. The number of carbonyl (C=O) groups is 2. The lowest BCUT2D eigenvalue weighted by molar-refractivity contribution is -0.384. The molecule has 0 aliphatic heterocycles. The van der Waals surface area contributed by atoms with E-state index < -0.39 is 16.7 Å². The third-order valence-electron chi connectivity index (χ3n) is 1.92. The first-order valence-corrected chi connectivity index (χ1v) is 4.58. The van der Waals surface area contributed by atoms with Crippen molar-refractivity contribution in [3.05, 3.63) is 52.3 Å². The van der Waals surface area contributed by atoms with E-state index in [1.807, 2.05) is 0 Å². The number of hydrogen-bond donors (Lipinski definition) is 0. The summed E-state index contributed by atoms with van der Waals surface area (Å²) in [6, 6.07) is 4.84. The zero-order valence-corrected chi connectivity index (χ0v) is 9.00. The Kier molecular flexibility index (Phi) is 3.71. The molecule has 88 valence electrons. The average molecular weight is 235 g/mol. The highest BCUT2D eigenvalue weighted by Gasteiger charge is 2.13. The van der Waals surface area contributed by atoms with Crippen LogP contribution in [0.1, 0.15) is 17.3 Å². The van der Waals surface area contributed by atoms with Gasteiger partial charge in [-0.05, 0) is 12.1 Å². The molecule has 0 N–H and O–H groups in total. The van der Waals surface area contributed by atoms with Crippen molar-refractivity contribution in [1.29, 1.82) is 0 Å². The lowest BCUT2D eigenvalue weighted by Crippen LogP contribution is -2.08. The Morgan fingerprint density at radius 3 is 2.24 bits per heavy atom. The van der Waals surface area contributed by atoms with Crippen LogP contribution in [0.4, 0.5) is 5.69 Å². The summed E-state index contributed by atoms with van der Waals surface area (Å²) in [5, 5.41) is 10.4. The topological polar surface area (TPSA) is 86.5 Å². The number of esters is 1. The molecule has 6 nitrogen and oxygen atoms in total. The smallest absolute Gasteiger partial charge is 0.343 e. The van der Waals surface area contributed by atoms with Crippen molar-refractivity contribution in [2.45, 2.75) is 6.92 Å². The van der Waals surface area contributed by atoms with Gasteiger partial charge in [-0.3, -0.25) is 14.9 Å². The van der Waals surface area contributed by atoms with E-state index >= 15 is 0 Å². The largest absolute Gasteiger partial charge is 0.420 e. The third kappa shape index (κ3) is 3.23. The van der Waals surface area contributed by atoms with E-state index in [1.54, 1.807) is 0 Å². The molecule has 1 aromatic rings. The fourth-order valence-electron chi connectivity index (χ4n) is 0.962. The highest BCUT2D eigenvalue weighted by Crippen LogP contribution is 2.13. The Hall–Kier alpha value is -2.50. The lowest BCUT2D eigenvalue weighted by atomic mass is 10.2. The number of allylic oxidation sites excluding steroid dienone is 1. The van der Waals surface area contributed by atoms with Crippen LogP contribution in [0, 0.1) is 10.1 Å². The van der Waals surface area contributed by atoms with Crippen LogP contribution in [-0.2, 0) is 9.53 Å². The molecule has 1 aromatic carbocycles. The van der Waals surface area contributed by atoms with Crippen LogP contribution in [0.15, 0.2) is 36.6 Å². The zero-order valence-electron chi connectivity index (χ0n) is 9.00. The molecule has 0 atom stereocenters. The summed E-state index contributed by atoms with van der Waals surface area (Å²) in [5.41, 5.74) is -0.0232. The highest BCUT2D eigenvalue weighted by molar-refractivity contribution is 5.97. The molecule has 0 bridgehead atoms. The molecule has 0 amide bonds. The molecule has 0 saturated heterocycles. The number of Topliss-reactive ketones (excluding diaryl/α,β-unsaturated/α-hetero) is 1. The number of hydrogen-bond acceptors (Lipinski definition) is 5. The molecule has 0 unspecified atom stereocenters. The number of nitro benzene ring substituents is 1. The van der Waals surface area contributed by atoms with Gasteiger partial charge < -0.3 is 4.74 Å². The number of ether oxygens (including phenoxy) is 1. The average Bonchev–Trinajstić information content (AvgIpc) is 2.28. The minimum Gasteiger partial charge on any atom is -0.420 e. The van der Waals surface area contributed by atoms with Crippen LogP contribution in [0.2, 0.25) is 0 Å². The van der Waals surface area contributed by atoms with E-state index in [0.29, 0.717) is 0 Å². The summed E-state index contributed by atoms with van der Waals surface area (Å²) in [4.78, 5) is 32.0. The highest BCUT2D eigenvalue weighted by atomic mass is 16.6. The SMILES string of the molecule is C=C(OC(=O)c1ccc([N+](=O)[O-])cc1)C(C)=O. The first kappa shape index (κ1) is 12.6. The summed E-state index contributed by atoms with van der Waals surface area (Å²) in [5.74, 6) is -1.51. The van der Waals surface area contributed by atoms with Gasteiger partial charge >= 0.3 is 5.97 Å². The molecule has 0 aliphatic rings. The molecule has 0 aromatic heterocycles.